The van der Waals surface area contributed by atoms with Gasteiger partial charge in [-0.15, -0.1) is 0 Å². The van der Waals surface area contributed by atoms with E-state index in [9.17, 15) is 5.11 Å². The van der Waals surface area contributed by atoms with Crippen LogP contribution in [-0.4, -0.2) is 17.8 Å². The smallest absolute Gasteiger partial charge is 0.176 e. The number of hydrogen-bond acceptors (Lipinski definition) is 3. The van der Waals surface area contributed by atoms with Crippen LogP contribution in [-0.2, 0) is 6.61 Å². The lowest BCUT2D eigenvalue weighted by molar-refractivity contribution is 0.212. The molecule has 0 radical (unpaired) electrons. The highest BCUT2D eigenvalue weighted by atomic mass is 79.9. The summed E-state index contributed by atoms with van der Waals surface area (Å²) < 4.78 is 12.5. The van der Waals surface area contributed by atoms with E-state index in [1.54, 1.807) is 0 Å². The van der Waals surface area contributed by atoms with Gasteiger partial charge < -0.3 is 14.6 Å². The third kappa shape index (κ3) is 3.74. The Balaban J connectivity index is 2.26. The Kier molecular flexibility index (Phi) is 5.28. The van der Waals surface area contributed by atoms with E-state index >= 15 is 0 Å². The Morgan fingerprint density at radius 1 is 1.42 bits per heavy atom. The molecule has 1 aromatic carbocycles. The summed E-state index contributed by atoms with van der Waals surface area (Å²) in [5, 5.41) is 9.24. The van der Waals surface area contributed by atoms with E-state index in [1.165, 1.54) is 0 Å². The summed E-state index contributed by atoms with van der Waals surface area (Å²) in [6.07, 6.45) is 7.66. The van der Waals surface area contributed by atoms with Crippen LogP contribution >= 0.6 is 15.9 Å². The summed E-state index contributed by atoms with van der Waals surface area (Å²) in [6, 6.07) is 3.69. The van der Waals surface area contributed by atoms with Crippen LogP contribution in [0.5, 0.6) is 11.5 Å². The Morgan fingerprint density at radius 2 is 2.26 bits per heavy atom. The molecule has 1 atom stereocenters. The summed E-state index contributed by atoms with van der Waals surface area (Å²) in [6.45, 7) is 2.49. The van der Waals surface area contributed by atoms with Crippen molar-refractivity contribution < 1.29 is 14.6 Å². The highest BCUT2D eigenvalue weighted by Crippen LogP contribution is 2.38. The molecule has 0 saturated carbocycles. The van der Waals surface area contributed by atoms with Crippen LogP contribution in [0.2, 0.25) is 0 Å². The summed E-state index contributed by atoms with van der Waals surface area (Å²) in [5.74, 6) is 1.40. The van der Waals surface area contributed by atoms with Crippen molar-refractivity contribution in [1.82, 2.24) is 0 Å². The highest BCUT2D eigenvalue weighted by molar-refractivity contribution is 9.10. The zero-order valence-corrected chi connectivity index (χ0v) is 12.6. The first kappa shape index (κ1) is 14.4. The van der Waals surface area contributed by atoms with Gasteiger partial charge in [0.05, 0.1) is 17.7 Å². The molecule has 3 nitrogen and oxygen atoms in total. The van der Waals surface area contributed by atoms with E-state index in [2.05, 4.69) is 28.1 Å². The van der Waals surface area contributed by atoms with Crippen molar-refractivity contribution in [2.75, 3.05) is 6.61 Å². The molecule has 0 heterocycles. The molecule has 1 aromatic rings. The van der Waals surface area contributed by atoms with Gasteiger partial charge in [0.1, 0.15) is 6.10 Å². The summed E-state index contributed by atoms with van der Waals surface area (Å²) >= 11 is 3.50. The molecule has 104 valence electrons. The minimum absolute atomic E-state index is 0.0116. The average Bonchev–Trinajstić information content (AvgIpc) is 2.43. The molecule has 1 aliphatic rings. The second kappa shape index (κ2) is 6.96. The Labute approximate surface area is 122 Å². The quantitative estimate of drug-likeness (QED) is 0.836. The first-order valence-corrected chi connectivity index (χ1v) is 7.43. The van der Waals surface area contributed by atoms with Gasteiger partial charge in [0, 0.05) is 0 Å². The topological polar surface area (TPSA) is 38.7 Å². The molecule has 0 bridgehead atoms. The molecule has 0 fully saturated rings. The normalized spacial score (nSPS) is 18.4. The van der Waals surface area contributed by atoms with E-state index in [0.717, 1.165) is 35.0 Å². The maximum absolute atomic E-state index is 9.24. The van der Waals surface area contributed by atoms with Gasteiger partial charge in [-0.2, -0.15) is 0 Å². The van der Waals surface area contributed by atoms with E-state index in [4.69, 9.17) is 9.47 Å². The maximum Gasteiger partial charge on any atom is 0.176 e. The lowest BCUT2D eigenvalue weighted by Crippen LogP contribution is -2.16. The van der Waals surface area contributed by atoms with Crippen molar-refractivity contribution >= 4 is 15.9 Å². The molecule has 19 heavy (non-hydrogen) atoms. The van der Waals surface area contributed by atoms with Crippen LogP contribution in [0.1, 0.15) is 31.7 Å². The second-order valence-electron chi connectivity index (χ2n) is 4.51. The van der Waals surface area contributed by atoms with Crippen LogP contribution in [0.25, 0.3) is 0 Å². The highest BCUT2D eigenvalue weighted by Gasteiger charge is 2.17. The second-order valence-corrected chi connectivity index (χ2v) is 5.37. The number of aliphatic hydroxyl groups excluding tert-OH is 1. The summed E-state index contributed by atoms with van der Waals surface area (Å²) in [4.78, 5) is 0. The van der Waals surface area contributed by atoms with Gasteiger partial charge in [0.15, 0.2) is 11.5 Å². The molecule has 0 saturated heterocycles. The van der Waals surface area contributed by atoms with Gasteiger partial charge in [-0.25, -0.2) is 0 Å². The van der Waals surface area contributed by atoms with Gasteiger partial charge in [-0.1, -0.05) is 6.08 Å². The van der Waals surface area contributed by atoms with E-state index in [1.807, 2.05) is 19.1 Å². The zero-order valence-electron chi connectivity index (χ0n) is 11.1. The number of halogens is 1. The molecule has 4 heteroatoms. The molecule has 1 aliphatic carbocycles. The predicted octanol–water partition coefficient (Wildman–Crippen LogP) is 3.83. The molecule has 1 unspecified atom stereocenters. The number of hydrogen-bond donors (Lipinski definition) is 1. The van der Waals surface area contributed by atoms with Gasteiger partial charge >= 0.3 is 0 Å². The summed E-state index contributed by atoms with van der Waals surface area (Å²) in [5.41, 5.74) is 0.807. The van der Waals surface area contributed by atoms with Crippen LogP contribution in [0.4, 0.5) is 0 Å². The van der Waals surface area contributed by atoms with Gasteiger partial charge in [0.2, 0.25) is 0 Å². The number of benzene rings is 1. The van der Waals surface area contributed by atoms with Crippen molar-refractivity contribution in [1.29, 1.82) is 0 Å². The fraction of sp³-hybridized carbons (Fsp3) is 0.467. The van der Waals surface area contributed by atoms with Crippen molar-refractivity contribution in [2.45, 2.75) is 38.9 Å². The molecule has 0 aromatic heterocycles. The van der Waals surface area contributed by atoms with Crippen LogP contribution < -0.4 is 9.47 Å². The van der Waals surface area contributed by atoms with Gasteiger partial charge in [-0.3, -0.25) is 0 Å². The Bertz CT molecular complexity index is 457. The van der Waals surface area contributed by atoms with Crippen LogP contribution in [0.15, 0.2) is 28.8 Å². The van der Waals surface area contributed by atoms with E-state index in [-0.39, 0.29) is 12.7 Å². The van der Waals surface area contributed by atoms with Gasteiger partial charge in [0.25, 0.3) is 0 Å². The van der Waals surface area contributed by atoms with Crippen molar-refractivity contribution in [3.05, 3.63) is 34.3 Å². The predicted molar refractivity (Wildman–Crippen MR) is 78.6 cm³/mol. The molecule has 1 N–H and O–H groups in total. The third-order valence-electron chi connectivity index (χ3n) is 3.03. The molecular formula is C15H19BrO3. The lowest BCUT2D eigenvalue weighted by atomic mass is 10.1. The lowest BCUT2D eigenvalue weighted by Gasteiger charge is -2.21. The first-order chi connectivity index (χ1) is 9.24. The fourth-order valence-corrected chi connectivity index (χ4v) is 2.70. The first-order valence-electron chi connectivity index (χ1n) is 6.64. The summed E-state index contributed by atoms with van der Waals surface area (Å²) in [7, 11) is 0. The monoisotopic (exact) mass is 326 g/mol. The Hall–Kier alpha value is -1.00. The minimum Gasteiger partial charge on any atom is -0.490 e. The van der Waals surface area contributed by atoms with E-state index in [0.29, 0.717) is 12.4 Å². The van der Waals surface area contributed by atoms with Crippen LogP contribution in [0.3, 0.4) is 0 Å². The SMILES string of the molecule is CCOc1cc(CO)cc(Br)c1OC1C=CCCC1. The van der Waals surface area contributed by atoms with Gasteiger partial charge in [-0.05, 0) is 65.9 Å². The molecule has 0 spiro atoms. The zero-order chi connectivity index (χ0) is 13.7. The Morgan fingerprint density at radius 3 is 2.89 bits per heavy atom. The van der Waals surface area contributed by atoms with Crippen LogP contribution in [0, 0.1) is 0 Å². The number of aliphatic hydroxyl groups is 1. The van der Waals surface area contributed by atoms with E-state index < -0.39 is 0 Å². The fourth-order valence-electron chi connectivity index (χ4n) is 2.12. The molecule has 0 aliphatic heterocycles. The number of ether oxygens (including phenoxy) is 2. The van der Waals surface area contributed by atoms with Crippen molar-refractivity contribution in [3.8, 4) is 11.5 Å². The van der Waals surface area contributed by atoms with Crippen molar-refractivity contribution in [3.63, 3.8) is 0 Å². The number of allylic oxidation sites excluding steroid dienone is 1. The van der Waals surface area contributed by atoms with Crippen molar-refractivity contribution in [2.24, 2.45) is 0 Å². The maximum atomic E-state index is 9.24. The average molecular weight is 327 g/mol. The standard InChI is InChI=1S/C15H19BrO3/c1-2-18-14-9-11(10-17)8-13(16)15(14)19-12-6-4-3-5-7-12/h4,6,8-9,12,17H,2-3,5,7,10H2,1H3. The molecular weight excluding hydrogens is 308 g/mol. The molecule has 2 rings (SSSR count). The minimum atomic E-state index is -0.0116. The molecule has 0 amide bonds. The largest absolute Gasteiger partial charge is 0.490 e. The number of rotatable bonds is 5. The third-order valence-corrected chi connectivity index (χ3v) is 3.62.